The predicted molar refractivity (Wildman–Crippen MR) is 92.5 cm³/mol. The van der Waals surface area contributed by atoms with Crippen LogP contribution in [0.5, 0.6) is 0 Å². The number of benzene rings is 1. The van der Waals surface area contributed by atoms with Crippen molar-refractivity contribution in [2.45, 2.75) is 11.4 Å². The Morgan fingerprint density at radius 2 is 1.86 bits per heavy atom. The molecule has 0 fully saturated rings. The Kier molecular flexibility index (Phi) is 5.42. The Hall–Kier alpha value is -0.480. The topological polar surface area (TPSA) is 85.1 Å². The van der Waals surface area contributed by atoms with Crippen molar-refractivity contribution in [1.82, 2.24) is 4.98 Å². The fourth-order valence-electron chi connectivity index (χ4n) is 1.57. The van der Waals surface area contributed by atoms with Crippen molar-refractivity contribution in [3.05, 3.63) is 49.6 Å². The van der Waals surface area contributed by atoms with E-state index in [9.17, 15) is 8.42 Å². The van der Waals surface area contributed by atoms with Crippen molar-refractivity contribution >= 4 is 63.5 Å². The SMILES string of the molecule is NS(=O)(=O)c1ccc(NCc2ncc(Br)cc2Br)c(Br)c1. The molecule has 0 aliphatic rings. The van der Waals surface area contributed by atoms with E-state index in [2.05, 4.69) is 58.1 Å². The van der Waals surface area contributed by atoms with Crippen LogP contribution in [-0.4, -0.2) is 13.4 Å². The first-order chi connectivity index (χ1) is 9.77. The summed E-state index contributed by atoms with van der Waals surface area (Å²) in [6.45, 7) is 0.487. The van der Waals surface area contributed by atoms with E-state index in [-0.39, 0.29) is 4.90 Å². The van der Waals surface area contributed by atoms with Gasteiger partial charge in [0.1, 0.15) is 0 Å². The molecule has 112 valence electrons. The average Bonchev–Trinajstić information content (AvgIpc) is 2.38. The van der Waals surface area contributed by atoms with Gasteiger partial charge in [-0.05, 0) is 72.1 Å². The van der Waals surface area contributed by atoms with Crippen LogP contribution < -0.4 is 10.5 Å². The van der Waals surface area contributed by atoms with E-state index in [1.165, 1.54) is 12.1 Å². The fourth-order valence-corrected chi connectivity index (χ4v) is 3.91. The highest BCUT2D eigenvalue weighted by Gasteiger charge is 2.10. The summed E-state index contributed by atoms with van der Waals surface area (Å²) >= 11 is 10.1. The zero-order chi connectivity index (χ0) is 15.6. The molecule has 0 saturated heterocycles. The van der Waals surface area contributed by atoms with Gasteiger partial charge in [-0.25, -0.2) is 13.6 Å². The summed E-state index contributed by atoms with van der Waals surface area (Å²) in [7, 11) is -3.70. The Morgan fingerprint density at radius 1 is 1.14 bits per heavy atom. The summed E-state index contributed by atoms with van der Waals surface area (Å²) in [5, 5.41) is 8.26. The van der Waals surface area contributed by atoms with E-state index >= 15 is 0 Å². The van der Waals surface area contributed by atoms with Crippen molar-refractivity contribution in [2.24, 2.45) is 5.14 Å². The molecule has 0 spiro atoms. The van der Waals surface area contributed by atoms with Gasteiger partial charge in [-0.1, -0.05) is 0 Å². The van der Waals surface area contributed by atoms with Gasteiger partial charge in [-0.15, -0.1) is 0 Å². The third-order valence-electron chi connectivity index (χ3n) is 2.60. The minimum atomic E-state index is -3.70. The highest BCUT2D eigenvalue weighted by atomic mass is 79.9. The number of sulfonamides is 1. The van der Waals surface area contributed by atoms with Crippen LogP contribution in [-0.2, 0) is 16.6 Å². The molecule has 0 unspecified atom stereocenters. The predicted octanol–water partition coefficient (Wildman–Crippen LogP) is 3.63. The lowest BCUT2D eigenvalue weighted by Crippen LogP contribution is -2.12. The second-order valence-corrected chi connectivity index (χ2v) is 8.31. The highest BCUT2D eigenvalue weighted by molar-refractivity contribution is 9.11. The molecule has 0 aliphatic carbocycles. The molecular weight excluding hydrogens is 490 g/mol. The molecule has 0 aliphatic heterocycles. The smallest absolute Gasteiger partial charge is 0.238 e. The average molecular weight is 500 g/mol. The lowest BCUT2D eigenvalue weighted by Gasteiger charge is -2.10. The van der Waals surface area contributed by atoms with Crippen molar-refractivity contribution < 1.29 is 8.42 Å². The molecule has 9 heteroatoms. The molecule has 21 heavy (non-hydrogen) atoms. The quantitative estimate of drug-likeness (QED) is 0.672. The Morgan fingerprint density at radius 3 is 2.43 bits per heavy atom. The van der Waals surface area contributed by atoms with E-state index in [1.54, 1.807) is 12.3 Å². The Balaban J connectivity index is 2.17. The van der Waals surface area contributed by atoms with Gasteiger partial charge in [0, 0.05) is 25.3 Å². The maximum atomic E-state index is 11.3. The summed E-state index contributed by atoms with van der Waals surface area (Å²) in [4.78, 5) is 4.35. The number of primary sulfonamides is 1. The number of aromatic nitrogens is 1. The molecule has 0 amide bonds. The van der Waals surface area contributed by atoms with Crippen LogP contribution in [0.15, 0.2) is 48.8 Å². The molecular formula is C12H10Br3N3O2S. The standard InChI is InChI=1S/C12H10Br3N3O2S/c13-7-3-9(14)12(17-5-7)6-18-11-2-1-8(4-10(11)15)21(16,19)20/h1-5,18H,6H2,(H2,16,19,20). The molecule has 1 heterocycles. The minimum absolute atomic E-state index is 0.0582. The van der Waals surface area contributed by atoms with Gasteiger partial charge in [0.15, 0.2) is 0 Å². The number of nitrogens with one attached hydrogen (secondary N) is 1. The van der Waals surface area contributed by atoms with Gasteiger partial charge in [0.25, 0.3) is 0 Å². The van der Waals surface area contributed by atoms with E-state index in [0.29, 0.717) is 11.0 Å². The van der Waals surface area contributed by atoms with Gasteiger partial charge in [-0.2, -0.15) is 0 Å². The first kappa shape index (κ1) is 16.9. The van der Waals surface area contributed by atoms with Gasteiger partial charge < -0.3 is 5.32 Å². The van der Waals surface area contributed by atoms with Crippen LogP contribution >= 0.6 is 47.8 Å². The number of halogens is 3. The number of rotatable bonds is 4. The third kappa shape index (κ3) is 4.49. The molecule has 1 aromatic carbocycles. The molecule has 3 N–H and O–H groups in total. The van der Waals surface area contributed by atoms with E-state index < -0.39 is 10.0 Å². The monoisotopic (exact) mass is 497 g/mol. The minimum Gasteiger partial charge on any atom is -0.378 e. The summed E-state index contributed by atoms with van der Waals surface area (Å²) in [6, 6.07) is 6.47. The number of nitrogens with zero attached hydrogens (tertiary/aromatic N) is 1. The van der Waals surface area contributed by atoms with Crippen molar-refractivity contribution in [3.63, 3.8) is 0 Å². The molecule has 2 rings (SSSR count). The second kappa shape index (κ2) is 6.74. The molecule has 5 nitrogen and oxygen atoms in total. The van der Waals surface area contributed by atoms with Crippen LogP contribution in [0.25, 0.3) is 0 Å². The largest absolute Gasteiger partial charge is 0.378 e. The Bertz CT molecular complexity index is 781. The maximum Gasteiger partial charge on any atom is 0.238 e. The summed E-state index contributed by atoms with van der Waals surface area (Å²) < 4.78 is 24.9. The van der Waals surface area contributed by atoms with Crippen molar-refractivity contribution in [1.29, 1.82) is 0 Å². The van der Waals surface area contributed by atoms with Crippen LogP contribution in [0.1, 0.15) is 5.69 Å². The first-order valence-corrected chi connectivity index (χ1v) is 9.56. The molecule has 0 atom stereocenters. The first-order valence-electron chi connectivity index (χ1n) is 5.63. The summed E-state index contributed by atoms with van der Waals surface area (Å²) in [6.07, 6.45) is 1.71. The van der Waals surface area contributed by atoms with Gasteiger partial charge >= 0.3 is 0 Å². The fraction of sp³-hybridized carbons (Fsp3) is 0.0833. The molecule has 0 radical (unpaired) electrons. The van der Waals surface area contributed by atoms with E-state index in [1.807, 2.05) is 6.07 Å². The molecule has 0 bridgehead atoms. The van der Waals surface area contributed by atoms with Crippen molar-refractivity contribution in [2.75, 3.05) is 5.32 Å². The number of nitrogens with two attached hydrogens (primary N) is 1. The summed E-state index contributed by atoms with van der Waals surface area (Å²) in [5.74, 6) is 0. The Labute approximate surface area is 147 Å². The molecule has 2 aromatic rings. The highest BCUT2D eigenvalue weighted by Crippen LogP contribution is 2.27. The van der Waals surface area contributed by atoms with Gasteiger partial charge in [-0.3, -0.25) is 4.98 Å². The van der Waals surface area contributed by atoms with E-state index in [4.69, 9.17) is 5.14 Å². The van der Waals surface area contributed by atoms with Crippen LogP contribution in [0.2, 0.25) is 0 Å². The normalized spacial score (nSPS) is 11.4. The number of hydrogen-bond acceptors (Lipinski definition) is 4. The van der Waals surface area contributed by atoms with E-state index in [0.717, 1.165) is 20.3 Å². The van der Waals surface area contributed by atoms with Gasteiger partial charge in [0.05, 0.1) is 17.1 Å². The maximum absolute atomic E-state index is 11.3. The number of hydrogen-bond donors (Lipinski definition) is 2. The lowest BCUT2D eigenvalue weighted by molar-refractivity contribution is 0.598. The second-order valence-electron chi connectivity index (χ2n) is 4.12. The zero-order valence-electron chi connectivity index (χ0n) is 10.5. The van der Waals surface area contributed by atoms with Gasteiger partial charge in [0.2, 0.25) is 10.0 Å². The lowest BCUT2D eigenvalue weighted by atomic mass is 10.3. The molecule has 0 saturated carbocycles. The third-order valence-corrected chi connectivity index (χ3v) is 5.29. The van der Waals surface area contributed by atoms with Crippen LogP contribution in [0, 0.1) is 0 Å². The van der Waals surface area contributed by atoms with Crippen LogP contribution in [0.4, 0.5) is 5.69 Å². The van der Waals surface area contributed by atoms with Crippen molar-refractivity contribution in [3.8, 4) is 0 Å². The zero-order valence-corrected chi connectivity index (χ0v) is 16.1. The summed E-state index contributed by atoms with van der Waals surface area (Å²) in [5.41, 5.74) is 1.58. The van der Waals surface area contributed by atoms with Crippen LogP contribution in [0.3, 0.4) is 0 Å². The molecule has 1 aromatic heterocycles. The number of pyridine rings is 1. The number of anilines is 1.